The first kappa shape index (κ1) is 19.0. The van der Waals surface area contributed by atoms with E-state index in [0.717, 1.165) is 17.7 Å². The van der Waals surface area contributed by atoms with Crippen LogP contribution in [0.2, 0.25) is 15.1 Å². The summed E-state index contributed by atoms with van der Waals surface area (Å²) in [6.45, 7) is 3.46. The minimum absolute atomic E-state index is 0.0105. The third kappa shape index (κ3) is 3.39. The normalized spacial score (nSPS) is 17.0. The van der Waals surface area contributed by atoms with E-state index >= 15 is 0 Å². The van der Waals surface area contributed by atoms with Crippen molar-refractivity contribution in [3.05, 3.63) is 56.8 Å². The second kappa shape index (κ2) is 7.43. The van der Waals surface area contributed by atoms with Crippen LogP contribution in [0.4, 0.5) is 5.69 Å². The minimum Gasteiger partial charge on any atom is -0.448 e. The molecular formula is C18H15Cl3N2O3. The van der Waals surface area contributed by atoms with E-state index in [1.54, 1.807) is 4.90 Å². The van der Waals surface area contributed by atoms with Gasteiger partial charge in [0.2, 0.25) is 0 Å². The van der Waals surface area contributed by atoms with Crippen LogP contribution in [0.15, 0.2) is 30.5 Å². The second-order valence-corrected chi connectivity index (χ2v) is 7.18. The molecule has 3 rings (SSSR count). The van der Waals surface area contributed by atoms with Gasteiger partial charge in [-0.25, -0.2) is 9.78 Å². The number of halogens is 3. The van der Waals surface area contributed by atoms with Crippen molar-refractivity contribution in [1.82, 2.24) is 4.98 Å². The Morgan fingerprint density at radius 3 is 2.65 bits per heavy atom. The van der Waals surface area contributed by atoms with Crippen LogP contribution in [0.3, 0.4) is 0 Å². The average Bonchev–Trinajstić information content (AvgIpc) is 2.94. The fraction of sp³-hybridized carbons (Fsp3) is 0.278. The number of pyridine rings is 1. The van der Waals surface area contributed by atoms with Crippen LogP contribution in [0, 0.1) is 0 Å². The topological polar surface area (TPSA) is 59.5 Å². The number of amides is 1. The predicted molar refractivity (Wildman–Crippen MR) is 101 cm³/mol. The van der Waals surface area contributed by atoms with Gasteiger partial charge in [0.25, 0.3) is 5.91 Å². The maximum absolute atomic E-state index is 12.8. The van der Waals surface area contributed by atoms with Crippen molar-refractivity contribution in [1.29, 1.82) is 0 Å². The molecule has 1 aliphatic rings. The molecule has 2 atom stereocenters. The molecule has 0 bridgehead atoms. The summed E-state index contributed by atoms with van der Waals surface area (Å²) in [7, 11) is 0. The van der Waals surface area contributed by atoms with Gasteiger partial charge < -0.3 is 9.64 Å². The first-order chi connectivity index (χ1) is 12.3. The highest BCUT2D eigenvalue weighted by atomic mass is 35.5. The quantitative estimate of drug-likeness (QED) is 0.692. The van der Waals surface area contributed by atoms with Crippen molar-refractivity contribution < 1.29 is 14.3 Å². The summed E-state index contributed by atoms with van der Waals surface area (Å²) >= 11 is 17.7. The van der Waals surface area contributed by atoms with Gasteiger partial charge >= 0.3 is 5.97 Å². The summed E-state index contributed by atoms with van der Waals surface area (Å²) in [6.07, 6.45) is 0.948. The van der Waals surface area contributed by atoms with Crippen LogP contribution < -0.4 is 4.90 Å². The van der Waals surface area contributed by atoms with Gasteiger partial charge in [-0.3, -0.25) is 4.79 Å². The monoisotopic (exact) mass is 412 g/mol. The summed E-state index contributed by atoms with van der Waals surface area (Å²) in [5.41, 5.74) is 1.73. The zero-order valence-corrected chi connectivity index (χ0v) is 16.3. The molecule has 0 fully saturated rings. The van der Waals surface area contributed by atoms with Crippen molar-refractivity contribution in [3.63, 3.8) is 0 Å². The molecule has 1 aromatic carbocycles. The molecule has 136 valence electrons. The SMILES string of the molecule is C[C@@H]1Cc2ccccc2N1C(=O)[C@@H](C)OC(=O)c1ncc(Cl)c(Cl)c1Cl. The van der Waals surface area contributed by atoms with E-state index < -0.39 is 12.1 Å². The molecule has 0 saturated heterocycles. The Labute approximate surface area is 165 Å². The van der Waals surface area contributed by atoms with E-state index in [1.165, 1.54) is 13.1 Å². The largest absolute Gasteiger partial charge is 0.448 e. The summed E-state index contributed by atoms with van der Waals surface area (Å²) in [5.74, 6) is -1.15. The number of benzene rings is 1. The van der Waals surface area contributed by atoms with Crippen molar-refractivity contribution in [2.24, 2.45) is 0 Å². The second-order valence-electron chi connectivity index (χ2n) is 6.02. The Bertz CT molecular complexity index is 888. The van der Waals surface area contributed by atoms with Gasteiger partial charge in [-0.05, 0) is 31.9 Å². The van der Waals surface area contributed by atoms with Gasteiger partial charge in [0.05, 0.1) is 15.1 Å². The third-order valence-electron chi connectivity index (χ3n) is 4.19. The lowest BCUT2D eigenvalue weighted by atomic mass is 10.1. The number of hydrogen-bond acceptors (Lipinski definition) is 4. The number of rotatable bonds is 3. The Hall–Kier alpha value is -1.82. The molecular weight excluding hydrogens is 399 g/mol. The van der Waals surface area contributed by atoms with Crippen LogP contribution in [-0.4, -0.2) is 29.0 Å². The number of nitrogens with zero attached hydrogens (tertiary/aromatic N) is 2. The van der Waals surface area contributed by atoms with Gasteiger partial charge in [0.1, 0.15) is 0 Å². The molecule has 1 aromatic heterocycles. The molecule has 0 saturated carbocycles. The highest BCUT2D eigenvalue weighted by molar-refractivity contribution is 6.48. The van der Waals surface area contributed by atoms with E-state index in [9.17, 15) is 9.59 Å². The van der Waals surface area contributed by atoms with Crippen LogP contribution in [0.25, 0.3) is 0 Å². The highest BCUT2D eigenvalue weighted by Crippen LogP contribution is 2.33. The first-order valence-corrected chi connectivity index (χ1v) is 9.06. The van der Waals surface area contributed by atoms with Gasteiger partial charge in [0, 0.05) is 17.9 Å². The van der Waals surface area contributed by atoms with Crippen molar-refractivity contribution in [2.75, 3.05) is 4.90 Å². The first-order valence-electron chi connectivity index (χ1n) is 7.92. The standard InChI is InChI=1S/C18H15Cl3N2O3/c1-9-7-11-5-3-4-6-13(11)23(9)17(24)10(2)26-18(25)16-15(21)14(20)12(19)8-22-16/h3-6,8-10H,7H2,1-2H3/t9-,10-/m1/s1. The minimum atomic E-state index is -1.01. The summed E-state index contributed by atoms with van der Waals surface area (Å²) < 4.78 is 5.27. The van der Waals surface area contributed by atoms with Gasteiger partial charge in [-0.1, -0.05) is 53.0 Å². The fourth-order valence-electron chi connectivity index (χ4n) is 2.95. The molecule has 1 amide bonds. The van der Waals surface area contributed by atoms with Crippen LogP contribution in [0.1, 0.15) is 29.9 Å². The molecule has 26 heavy (non-hydrogen) atoms. The molecule has 5 nitrogen and oxygen atoms in total. The maximum Gasteiger partial charge on any atom is 0.359 e. The van der Waals surface area contributed by atoms with Crippen molar-refractivity contribution in [3.8, 4) is 0 Å². The van der Waals surface area contributed by atoms with E-state index in [2.05, 4.69) is 4.98 Å². The Balaban J connectivity index is 1.78. The highest BCUT2D eigenvalue weighted by Gasteiger charge is 2.35. The number of hydrogen-bond donors (Lipinski definition) is 0. The van der Waals surface area contributed by atoms with Crippen molar-refractivity contribution in [2.45, 2.75) is 32.4 Å². The van der Waals surface area contributed by atoms with E-state index in [1.807, 2.05) is 31.2 Å². The summed E-state index contributed by atoms with van der Waals surface area (Å²) in [4.78, 5) is 30.7. The zero-order chi connectivity index (χ0) is 19.0. The Morgan fingerprint density at radius 1 is 1.23 bits per heavy atom. The number of fused-ring (bicyclic) bond motifs is 1. The number of carbonyl (C=O) groups excluding carboxylic acids is 2. The number of para-hydroxylation sites is 1. The lowest BCUT2D eigenvalue weighted by molar-refractivity contribution is -0.126. The predicted octanol–water partition coefficient (Wildman–Crippen LogP) is 4.56. The summed E-state index contributed by atoms with van der Waals surface area (Å²) in [6, 6.07) is 7.64. The lowest BCUT2D eigenvalue weighted by Gasteiger charge is -2.25. The molecule has 1 aliphatic heterocycles. The molecule has 0 radical (unpaired) electrons. The van der Waals surface area contributed by atoms with Crippen LogP contribution in [0.5, 0.6) is 0 Å². The molecule has 8 heteroatoms. The van der Waals surface area contributed by atoms with Gasteiger partial charge in [-0.15, -0.1) is 0 Å². The number of aromatic nitrogens is 1. The van der Waals surface area contributed by atoms with Crippen LogP contribution >= 0.6 is 34.8 Å². The molecule has 2 heterocycles. The van der Waals surface area contributed by atoms with E-state index in [-0.39, 0.29) is 32.7 Å². The van der Waals surface area contributed by atoms with E-state index in [0.29, 0.717) is 0 Å². The molecule has 0 unspecified atom stereocenters. The Morgan fingerprint density at radius 2 is 1.92 bits per heavy atom. The number of ether oxygens (including phenoxy) is 1. The molecule has 0 N–H and O–H groups in total. The van der Waals surface area contributed by atoms with E-state index in [4.69, 9.17) is 39.5 Å². The third-order valence-corrected chi connectivity index (χ3v) is 5.43. The fourth-order valence-corrected chi connectivity index (χ4v) is 3.51. The average molecular weight is 414 g/mol. The maximum atomic E-state index is 12.8. The Kier molecular flexibility index (Phi) is 5.42. The zero-order valence-electron chi connectivity index (χ0n) is 14.0. The number of carbonyl (C=O) groups is 2. The smallest absolute Gasteiger partial charge is 0.359 e. The molecule has 0 spiro atoms. The van der Waals surface area contributed by atoms with Crippen LogP contribution in [-0.2, 0) is 16.0 Å². The van der Waals surface area contributed by atoms with Gasteiger partial charge in [0.15, 0.2) is 11.8 Å². The summed E-state index contributed by atoms with van der Waals surface area (Å²) in [5, 5.41) is 0.0277. The number of esters is 1. The number of anilines is 1. The lowest BCUT2D eigenvalue weighted by Crippen LogP contribution is -2.43. The van der Waals surface area contributed by atoms with Gasteiger partial charge in [-0.2, -0.15) is 0 Å². The van der Waals surface area contributed by atoms with Crippen molar-refractivity contribution >= 4 is 52.4 Å². The molecule has 0 aliphatic carbocycles. The molecule has 2 aromatic rings.